The van der Waals surface area contributed by atoms with Crippen molar-refractivity contribution < 1.29 is 4.79 Å². The van der Waals surface area contributed by atoms with Crippen LogP contribution in [0.4, 0.5) is 5.13 Å². The van der Waals surface area contributed by atoms with Crippen LogP contribution in [0.3, 0.4) is 0 Å². The molecule has 0 aliphatic carbocycles. The van der Waals surface area contributed by atoms with Gasteiger partial charge in [-0.25, -0.2) is 0 Å². The van der Waals surface area contributed by atoms with E-state index in [2.05, 4.69) is 29.4 Å². The maximum Gasteiger partial charge on any atom is 0.243 e. The van der Waals surface area contributed by atoms with Crippen LogP contribution in [0.15, 0.2) is 0 Å². The molecule has 1 heterocycles. The maximum atomic E-state index is 11.8. The summed E-state index contributed by atoms with van der Waals surface area (Å²) >= 11 is 1.42. The van der Waals surface area contributed by atoms with Gasteiger partial charge in [0.1, 0.15) is 5.01 Å². The van der Waals surface area contributed by atoms with Gasteiger partial charge >= 0.3 is 0 Å². The Morgan fingerprint density at radius 3 is 2.61 bits per heavy atom. The van der Waals surface area contributed by atoms with Crippen LogP contribution < -0.4 is 11.1 Å². The minimum absolute atomic E-state index is 0.160. The van der Waals surface area contributed by atoms with Gasteiger partial charge in [0.2, 0.25) is 11.0 Å². The van der Waals surface area contributed by atoms with Crippen LogP contribution in [0.2, 0.25) is 0 Å². The van der Waals surface area contributed by atoms with E-state index in [-0.39, 0.29) is 11.8 Å². The second kappa shape index (κ2) is 6.80. The summed E-state index contributed by atoms with van der Waals surface area (Å²) in [5, 5.41) is 12.2. The molecule has 18 heavy (non-hydrogen) atoms. The fraction of sp³-hybridized carbons (Fsp3) is 0.750. The number of nitrogens with one attached hydrogen (secondary N) is 1. The Morgan fingerprint density at radius 1 is 1.39 bits per heavy atom. The van der Waals surface area contributed by atoms with Crippen LogP contribution in [0.1, 0.15) is 39.1 Å². The normalized spacial score (nSPS) is 14.6. The molecule has 0 saturated carbocycles. The summed E-state index contributed by atoms with van der Waals surface area (Å²) in [7, 11) is 0. The third-order valence-corrected chi connectivity index (χ3v) is 3.70. The molecule has 1 rings (SSSR count). The zero-order valence-electron chi connectivity index (χ0n) is 11.4. The summed E-state index contributed by atoms with van der Waals surface area (Å²) in [6.45, 7) is 8.23. The van der Waals surface area contributed by atoms with E-state index in [1.807, 2.05) is 13.8 Å². The summed E-state index contributed by atoms with van der Waals surface area (Å²) in [5.74, 6) is 0.508. The van der Waals surface area contributed by atoms with Crippen molar-refractivity contribution in [3.63, 3.8) is 0 Å². The Labute approximate surface area is 112 Å². The molecule has 0 aromatic carbocycles. The van der Waals surface area contributed by atoms with Crippen molar-refractivity contribution in [3.05, 3.63) is 5.01 Å². The zero-order valence-corrected chi connectivity index (χ0v) is 12.3. The summed E-state index contributed by atoms with van der Waals surface area (Å²) in [6, 6.07) is -0.493. The first-order valence-corrected chi connectivity index (χ1v) is 7.14. The molecular formula is C12H22N4OS. The lowest BCUT2D eigenvalue weighted by molar-refractivity contribution is -0.118. The molecule has 1 unspecified atom stereocenters. The topological polar surface area (TPSA) is 80.9 Å². The Morgan fingerprint density at radius 2 is 2.06 bits per heavy atom. The number of rotatable bonds is 6. The molecule has 0 aliphatic rings. The quantitative estimate of drug-likeness (QED) is 0.829. The Hall–Kier alpha value is -1.01. The lowest BCUT2D eigenvalue weighted by atomic mass is 10.00. The highest BCUT2D eigenvalue weighted by molar-refractivity contribution is 7.15. The van der Waals surface area contributed by atoms with Gasteiger partial charge in [-0.05, 0) is 11.8 Å². The summed E-state index contributed by atoms with van der Waals surface area (Å²) in [4.78, 5) is 11.8. The predicted octanol–water partition coefficient (Wildman–Crippen LogP) is 2.05. The Kier molecular flexibility index (Phi) is 5.68. The van der Waals surface area contributed by atoms with E-state index in [0.29, 0.717) is 11.0 Å². The Bertz CT molecular complexity index is 391. The molecule has 0 fully saturated rings. The van der Waals surface area contributed by atoms with Crippen LogP contribution in [-0.2, 0) is 11.2 Å². The molecule has 0 spiro atoms. The van der Waals surface area contributed by atoms with Gasteiger partial charge < -0.3 is 5.73 Å². The Balaban J connectivity index is 2.57. The molecule has 0 saturated heterocycles. The van der Waals surface area contributed by atoms with Crippen molar-refractivity contribution >= 4 is 22.4 Å². The SMILES string of the molecule is CCC(C)[C@H](N)C(=O)Nc1nnc(CC(C)C)s1. The average molecular weight is 270 g/mol. The van der Waals surface area contributed by atoms with Crippen molar-refractivity contribution in [2.24, 2.45) is 17.6 Å². The predicted molar refractivity (Wildman–Crippen MR) is 74.5 cm³/mol. The van der Waals surface area contributed by atoms with Crippen LogP contribution in [0.25, 0.3) is 0 Å². The standard InChI is InChI=1S/C12H22N4OS/c1-5-8(4)10(13)11(17)14-12-16-15-9(18-12)6-7(2)3/h7-8,10H,5-6,13H2,1-4H3,(H,14,16,17)/t8?,10-/m0/s1. The van der Waals surface area contributed by atoms with E-state index in [4.69, 9.17) is 5.73 Å². The molecule has 6 heteroatoms. The van der Waals surface area contributed by atoms with Crippen molar-refractivity contribution in [1.29, 1.82) is 0 Å². The van der Waals surface area contributed by atoms with Crippen molar-refractivity contribution in [2.45, 2.75) is 46.6 Å². The number of hydrogen-bond acceptors (Lipinski definition) is 5. The van der Waals surface area contributed by atoms with Gasteiger partial charge in [-0.1, -0.05) is 45.5 Å². The summed E-state index contributed by atoms with van der Waals surface area (Å²) in [6.07, 6.45) is 1.76. The molecule has 102 valence electrons. The second-order valence-corrected chi connectivity index (χ2v) is 6.06. The van der Waals surface area contributed by atoms with Gasteiger partial charge in [-0.2, -0.15) is 0 Å². The van der Waals surface area contributed by atoms with Gasteiger partial charge in [0, 0.05) is 6.42 Å². The monoisotopic (exact) mass is 270 g/mol. The van der Waals surface area contributed by atoms with Gasteiger partial charge in [0.25, 0.3) is 0 Å². The molecule has 0 aliphatic heterocycles. The molecule has 0 bridgehead atoms. The fourth-order valence-corrected chi connectivity index (χ4v) is 2.39. The van der Waals surface area contributed by atoms with Crippen molar-refractivity contribution in [3.8, 4) is 0 Å². The average Bonchev–Trinajstić information content (AvgIpc) is 2.73. The number of hydrogen-bond donors (Lipinski definition) is 2. The smallest absolute Gasteiger partial charge is 0.243 e. The van der Waals surface area contributed by atoms with Crippen LogP contribution in [0, 0.1) is 11.8 Å². The second-order valence-electron chi connectivity index (χ2n) is 5.00. The fourth-order valence-electron chi connectivity index (χ4n) is 1.44. The molecule has 0 radical (unpaired) electrons. The minimum Gasteiger partial charge on any atom is -0.320 e. The van der Waals surface area contributed by atoms with Crippen LogP contribution in [-0.4, -0.2) is 22.1 Å². The number of carbonyl (C=O) groups is 1. The van der Waals surface area contributed by atoms with E-state index >= 15 is 0 Å². The number of nitrogens with zero attached hydrogens (tertiary/aromatic N) is 2. The zero-order chi connectivity index (χ0) is 13.7. The number of aromatic nitrogens is 2. The first-order valence-electron chi connectivity index (χ1n) is 6.32. The molecular weight excluding hydrogens is 248 g/mol. The number of carbonyl (C=O) groups excluding carboxylic acids is 1. The van der Waals surface area contributed by atoms with Crippen LogP contribution >= 0.6 is 11.3 Å². The number of nitrogens with two attached hydrogens (primary N) is 1. The molecule has 1 aromatic rings. The third kappa shape index (κ3) is 4.34. The van der Waals surface area contributed by atoms with Crippen molar-refractivity contribution in [2.75, 3.05) is 5.32 Å². The van der Waals surface area contributed by atoms with Crippen LogP contribution in [0.5, 0.6) is 0 Å². The first-order chi connectivity index (χ1) is 8.43. The maximum absolute atomic E-state index is 11.8. The summed E-state index contributed by atoms with van der Waals surface area (Å²) in [5.41, 5.74) is 5.85. The highest BCUT2D eigenvalue weighted by Crippen LogP contribution is 2.19. The largest absolute Gasteiger partial charge is 0.320 e. The van der Waals surface area contributed by atoms with Gasteiger partial charge in [0.05, 0.1) is 6.04 Å². The van der Waals surface area contributed by atoms with E-state index in [1.165, 1.54) is 11.3 Å². The van der Waals surface area contributed by atoms with E-state index in [9.17, 15) is 4.79 Å². The lowest BCUT2D eigenvalue weighted by Gasteiger charge is -2.16. The molecule has 1 aromatic heterocycles. The first kappa shape index (κ1) is 15.0. The van der Waals surface area contributed by atoms with E-state index < -0.39 is 6.04 Å². The minimum atomic E-state index is -0.493. The molecule has 5 nitrogen and oxygen atoms in total. The highest BCUT2D eigenvalue weighted by atomic mass is 32.1. The summed E-state index contributed by atoms with van der Waals surface area (Å²) < 4.78 is 0. The number of anilines is 1. The van der Waals surface area contributed by atoms with E-state index in [1.54, 1.807) is 0 Å². The van der Waals surface area contributed by atoms with Gasteiger partial charge in [0.15, 0.2) is 0 Å². The van der Waals surface area contributed by atoms with Gasteiger partial charge in [-0.3, -0.25) is 10.1 Å². The molecule has 1 amide bonds. The number of amides is 1. The van der Waals surface area contributed by atoms with E-state index in [0.717, 1.165) is 17.8 Å². The van der Waals surface area contributed by atoms with Crippen molar-refractivity contribution in [1.82, 2.24) is 10.2 Å². The lowest BCUT2D eigenvalue weighted by Crippen LogP contribution is -2.40. The molecule has 3 N–H and O–H groups in total. The molecule has 2 atom stereocenters. The highest BCUT2D eigenvalue weighted by Gasteiger charge is 2.20. The third-order valence-electron chi connectivity index (χ3n) is 2.84. The van der Waals surface area contributed by atoms with Gasteiger partial charge in [-0.15, -0.1) is 10.2 Å².